The molecule has 0 aromatic heterocycles. The molecular formula is C8H15N3O. The molecule has 0 saturated carbocycles. The Labute approximate surface area is 72.9 Å². The van der Waals surface area contributed by atoms with Gasteiger partial charge >= 0.3 is 0 Å². The topological polar surface area (TPSA) is 62.3 Å². The van der Waals surface area contributed by atoms with Crippen LogP contribution in [0.15, 0.2) is 0 Å². The van der Waals surface area contributed by atoms with E-state index in [0.29, 0.717) is 13.2 Å². The predicted octanol–water partition coefficient (Wildman–Crippen LogP) is -0.440. The molecule has 2 N–H and O–H groups in total. The van der Waals surface area contributed by atoms with E-state index in [1.165, 1.54) is 0 Å². The minimum atomic E-state index is -0.239. The third kappa shape index (κ3) is 2.78. The molecule has 0 aromatic rings. The van der Waals surface area contributed by atoms with Gasteiger partial charge in [-0.1, -0.05) is 0 Å². The number of morpholine rings is 1. The van der Waals surface area contributed by atoms with Crippen LogP contribution in [0.4, 0.5) is 0 Å². The Balaban J connectivity index is 2.22. The molecule has 1 unspecified atom stereocenters. The van der Waals surface area contributed by atoms with Gasteiger partial charge in [0.05, 0.1) is 12.7 Å². The van der Waals surface area contributed by atoms with Crippen LogP contribution in [0.5, 0.6) is 0 Å². The molecule has 0 aromatic carbocycles. The minimum Gasteiger partial charge on any atom is -0.361 e. The third-order valence-electron chi connectivity index (χ3n) is 1.97. The highest BCUT2D eigenvalue weighted by molar-refractivity contribution is 4.89. The van der Waals surface area contributed by atoms with Gasteiger partial charge in [0, 0.05) is 13.1 Å². The van der Waals surface area contributed by atoms with E-state index in [2.05, 4.69) is 11.0 Å². The molecule has 0 spiro atoms. The van der Waals surface area contributed by atoms with E-state index < -0.39 is 0 Å². The summed E-state index contributed by atoms with van der Waals surface area (Å²) in [6.45, 7) is 4.03. The maximum Gasteiger partial charge on any atom is 0.156 e. The van der Waals surface area contributed by atoms with Crippen molar-refractivity contribution in [1.29, 1.82) is 5.26 Å². The van der Waals surface area contributed by atoms with Crippen LogP contribution >= 0.6 is 0 Å². The van der Waals surface area contributed by atoms with Crippen molar-refractivity contribution in [2.45, 2.75) is 12.5 Å². The molecule has 0 aliphatic carbocycles. The molecular weight excluding hydrogens is 154 g/mol. The predicted molar refractivity (Wildman–Crippen MR) is 45.5 cm³/mol. The Morgan fingerprint density at radius 3 is 3.17 bits per heavy atom. The lowest BCUT2D eigenvalue weighted by Crippen LogP contribution is -2.42. The lowest BCUT2D eigenvalue weighted by Gasteiger charge is -2.29. The van der Waals surface area contributed by atoms with Crippen molar-refractivity contribution in [3.63, 3.8) is 0 Å². The molecule has 0 amide bonds. The van der Waals surface area contributed by atoms with Gasteiger partial charge in [-0.25, -0.2) is 0 Å². The summed E-state index contributed by atoms with van der Waals surface area (Å²) in [5.41, 5.74) is 5.39. The zero-order chi connectivity index (χ0) is 8.81. The molecule has 1 rings (SSSR count). The van der Waals surface area contributed by atoms with E-state index in [1.54, 1.807) is 0 Å². The summed E-state index contributed by atoms with van der Waals surface area (Å²) in [6, 6.07) is 2.12. The first kappa shape index (κ1) is 9.46. The fourth-order valence-electron chi connectivity index (χ4n) is 1.30. The molecule has 0 bridgehead atoms. The van der Waals surface area contributed by atoms with Crippen molar-refractivity contribution in [2.75, 3.05) is 32.8 Å². The quantitative estimate of drug-likeness (QED) is 0.622. The normalized spacial score (nSPS) is 25.2. The highest BCUT2D eigenvalue weighted by Crippen LogP contribution is 2.03. The van der Waals surface area contributed by atoms with Gasteiger partial charge in [-0.15, -0.1) is 0 Å². The number of hydrogen-bond acceptors (Lipinski definition) is 4. The van der Waals surface area contributed by atoms with Gasteiger partial charge in [-0.2, -0.15) is 5.26 Å². The molecule has 68 valence electrons. The summed E-state index contributed by atoms with van der Waals surface area (Å²) in [7, 11) is 0. The van der Waals surface area contributed by atoms with Crippen LogP contribution in [-0.4, -0.2) is 43.8 Å². The number of nitrogens with zero attached hydrogens (tertiary/aromatic N) is 2. The SMILES string of the molecule is N#CC1CN(CCCN)CCO1. The number of ether oxygens (including phenoxy) is 1. The standard InChI is InChI=1S/C8H15N3O/c9-2-1-3-11-4-5-12-8(6-10)7-11/h8H,1-5,7,9H2. The molecule has 1 atom stereocenters. The number of hydrogen-bond donors (Lipinski definition) is 1. The van der Waals surface area contributed by atoms with Crippen LogP contribution in [0.25, 0.3) is 0 Å². The number of rotatable bonds is 3. The average Bonchev–Trinajstić information content (AvgIpc) is 2.15. The summed E-state index contributed by atoms with van der Waals surface area (Å²) in [5, 5.41) is 8.61. The third-order valence-corrected chi connectivity index (χ3v) is 1.97. The molecule has 1 fully saturated rings. The van der Waals surface area contributed by atoms with Gasteiger partial charge in [-0.3, -0.25) is 4.90 Å². The molecule has 1 aliphatic rings. The van der Waals surface area contributed by atoms with Gasteiger partial charge in [-0.05, 0) is 19.5 Å². The van der Waals surface area contributed by atoms with Crippen molar-refractivity contribution in [3.05, 3.63) is 0 Å². The van der Waals surface area contributed by atoms with E-state index in [-0.39, 0.29) is 6.10 Å². The number of nitrogens with two attached hydrogens (primary N) is 1. The zero-order valence-electron chi connectivity index (χ0n) is 7.20. The lowest BCUT2D eigenvalue weighted by atomic mass is 10.3. The monoisotopic (exact) mass is 169 g/mol. The highest BCUT2D eigenvalue weighted by Gasteiger charge is 2.18. The van der Waals surface area contributed by atoms with Crippen molar-refractivity contribution in [2.24, 2.45) is 5.73 Å². The van der Waals surface area contributed by atoms with Gasteiger partial charge in [0.15, 0.2) is 6.10 Å². The van der Waals surface area contributed by atoms with Crippen LogP contribution in [0, 0.1) is 11.3 Å². The van der Waals surface area contributed by atoms with E-state index in [4.69, 9.17) is 15.7 Å². The minimum absolute atomic E-state index is 0.239. The first-order valence-corrected chi connectivity index (χ1v) is 4.30. The van der Waals surface area contributed by atoms with Crippen LogP contribution in [0.3, 0.4) is 0 Å². The first-order chi connectivity index (χ1) is 5.86. The first-order valence-electron chi connectivity index (χ1n) is 4.30. The summed E-state index contributed by atoms with van der Waals surface area (Å²) < 4.78 is 5.20. The van der Waals surface area contributed by atoms with E-state index in [0.717, 1.165) is 26.1 Å². The van der Waals surface area contributed by atoms with Crippen LogP contribution in [-0.2, 0) is 4.74 Å². The Hall–Kier alpha value is -0.630. The van der Waals surface area contributed by atoms with E-state index >= 15 is 0 Å². The smallest absolute Gasteiger partial charge is 0.156 e. The molecule has 1 heterocycles. The molecule has 1 saturated heterocycles. The Bertz CT molecular complexity index is 166. The largest absolute Gasteiger partial charge is 0.361 e. The average molecular weight is 169 g/mol. The fourth-order valence-corrected chi connectivity index (χ4v) is 1.30. The summed E-state index contributed by atoms with van der Waals surface area (Å²) in [4.78, 5) is 2.23. The molecule has 1 aliphatic heterocycles. The highest BCUT2D eigenvalue weighted by atomic mass is 16.5. The second-order valence-corrected chi connectivity index (χ2v) is 2.93. The van der Waals surface area contributed by atoms with Crippen molar-refractivity contribution in [1.82, 2.24) is 4.90 Å². The van der Waals surface area contributed by atoms with Crippen LogP contribution in [0.1, 0.15) is 6.42 Å². The lowest BCUT2D eigenvalue weighted by molar-refractivity contribution is 0.000478. The number of nitriles is 1. The maximum atomic E-state index is 8.61. The summed E-state index contributed by atoms with van der Waals surface area (Å²) in [5.74, 6) is 0. The van der Waals surface area contributed by atoms with Crippen molar-refractivity contribution in [3.8, 4) is 6.07 Å². The van der Waals surface area contributed by atoms with E-state index in [1.807, 2.05) is 0 Å². The summed E-state index contributed by atoms with van der Waals surface area (Å²) in [6.07, 6.45) is 0.759. The van der Waals surface area contributed by atoms with Gasteiger partial charge < -0.3 is 10.5 Å². The molecule has 12 heavy (non-hydrogen) atoms. The molecule has 4 heteroatoms. The fraction of sp³-hybridized carbons (Fsp3) is 0.875. The second kappa shape index (κ2) is 5.09. The van der Waals surface area contributed by atoms with Gasteiger partial charge in [0.1, 0.15) is 0 Å². The Kier molecular flexibility index (Phi) is 4.01. The molecule has 4 nitrogen and oxygen atoms in total. The van der Waals surface area contributed by atoms with Crippen molar-refractivity contribution >= 4 is 0 Å². The van der Waals surface area contributed by atoms with Gasteiger partial charge in [0.25, 0.3) is 0 Å². The maximum absolute atomic E-state index is 8.61. The second-order valence-electron chi connectivity index (χ2n) is 2.93. The zero-order valence-corrected chi connectivity index (χ0v) is 7.20. The van der Waals surface area contributed by atoms with Crippen LogP contribution < -0.4 is 5.73 Å². The van der Waals surface area contributed by atoms with E-state index in [9.17, 15) is 0 Å². The van der Waals surface area contributed by atoms with Gasteiger partial charge in [0.2, 0.25) is 0 Å². The molecule has 0 radical (unpaired) electrons. The Morgan fingerprint density at radius 1 is 1.67 bits per heavy atom. The Morgan fingerprint density at radius 2 is 2.50 bits per heavy atom. The summed E-state index contributed by atoms with van der Waals surface area (Å²) >= 11 is 0. The van der Waals surface area contributed by atoms with Crippen molar-refractivity contribution < 1.29 is 4.74 Å². The van der Waals surface area contributed by atoms with Crippen LogP contribution in [0.2, 0.25) is 0 Å².